The molecule has 1 fully saturated rings. The molecule has 1 heterocycles. The van der Waals surface area contributed by atoms with Gasteiger partial charge in [0, 0.05) is 18.8 Å². The zero-order chi connectivity index (χ0) is 21.0. The summed E-state index contributed by atoms with van der Waals surface area (Å²) < 4.78 is 55.8. The molecule has 0 bridgehead atoms. The molecule has 0 aliphatic carbocycles. The maximum Gasteiger partial charge on any atom is 0.387 e. The van der Waals surface area contributed by atoms with Gasteiger partial charge in [-0.1, -0.05) is 29.8 Å². The number of carbonyl (C=O) groups excluding carboxylic acids is 1. The Morgan fingerprint density at radius 2 is 1.93 bits per heavy atom. The Bertz CT molecular complexity index is 973. The molecule has 1 saturated heterocycles. The van der Waals surface area contributed by atoms with Crippen molar-refractivity contribution in [1.29, 1.82) is 0 Å². The van der Waals surface area contributed by atoms with Gasteiger partial charge in [0.25, 0.3) is 0 Å². The van der Waals surface area contributed by atoms with Crippen LogP contribution in [-0.4, -0.2) is 38.3 Å². The third-order valence-electron chi connectivity index (χ3n) is 4.55. The molecule has 2 aromatic carbocycles. The molecular weight excluding hydrogens is 426 g/mol. The smallest absolute Gasteiger partial charge is 0.387 e. The van der Waals surface area contributed by atoms with Crippen molar-refractivity contribution in [1.82, 2.24) is 4.31 Å². The molecule has 10 heteroatoms. The summed E-state index contributed by atoms with van der Waals surface area (Å²) in [5, 5.41) is 2.59. The van der Waals surface area contributed by atoms with Crippen LogP contribution in [0.25, 0.3) is 0 Å². The number of anilines is 1. The van der Waals surface area contributed by atoms with Crippen LogP contribution >= 0.6 is 11.6 Å². The predicted octanol–water partition coefficient (Wildman–Crippen LogP) is 3.98. The highest BCUT2D eigenvalue weighted by Gasteiger charge is 2.33. The highest BCUT2D eigenvalue weighted by molar-refractivity contribution is 7.89. The summed E-state index contributed by atoms with van der Waals surface area (Å²) in [4.78, 5) is 12.8. The van der Waals surface area contributed by atoms with Crippen LogP contribution in [0.2, 0.25) is 5.02 Å². The highest BCUT2D eigenvalue weighted by Crippen LogP contribution is 2.30. The van der Waals surface area contributed by atoms with E-state index in [0.717, 1.165) is 0 Å². The molecule has 1 amide bonds. The maximum atomic E-state index is 12.8. The standard InChI is InChI=1S/C19H19ClF2N2O4S/c20-16-11-14(8-9-17(16)28-19(21)22)23-18(25)13-5-4-10-24(12-13)29(26,27)15-6-2-1-3-7-15/h1-3,6-9,11,13,19H,4-5,10,12H2,(H,23,25). The molecule has 156 valence electrons. The topological polar surface area (TPSA) is 75.7 Å². The van der Waals surface area contributed by atoms with Gasteiger partial charge < -0.3 is 10.1 Å². The summed E-state index contributed by atoms with van der Waals surface area (Å²) in [6, 6.07) is 12.0. The van der Waals surface area contributed by atoms with E-state index in [-0.39, 0.29) is 28.1 Å². The molecule has 0 aromatic heterocycles. The second-order valence-electron chi connectivity index (χ2n) is 6.53. The minimum Gasteiger partial charge on any atom is -0.433 e. The van der Waals surface area contributed by atoms with Crippen LogP contribution in [0.15, 0.2) is 53.4 Å². The Morgan fingerprint density at radius 3 is 2.59 bits per heavy atom. The Kier molecular flexibility index (Phi) is 6.71. The second kappa shape index (κ2) is 9.06. The first-order chi connectivity index (χ1) is 13.8. The van der Waals surface area contributed by atoms with E-state index in [1.54, 1.807) is 18.2 Å². The minimum absolute atomic E-state index is 0.0589. The number of rotatable bonds is 6. The van der Waals surface area contributed by atoms with Gasteiger partial charge in [0.1, 0.15) is 5.75 Å². The highest BCUT2D eigenvalue weighted by atomic mass is 35.5. The molecule has 0 radical (unpaired) electrons. The maximum absolute atomic E-state index is 12.8. The van der Waals surface area contributed by atoms with Crippen molar-refractivity contribution in [3.8, 4) is 5.75 Å². The van der Waals surface area contributed by atoms with Crippen LogP contribution in [0.1, 0.15) is 12.8 Å². The number of hydrogen-bond acceptors (Lipinski definition) is 4. The number of benzene rings is 2. The molecule has 3 rings (SSSR count). The zero-order valence-electron chi connectivity index (χ0n) is 15.2. The van der Waals surface area contributed by atoms with Gasteiger partial charge >= 0.3 is 6.61 Å². The second-order valence-corrected chi connectivity index (χ2v) is 8.87. The molecule has 1 aliphatic heterocycles. The molecule has 6 nitrogen and oxygen atoms in total. The summed E-state index contributed by atoms with van der Waals surface area (Å²) in [5.41, 5.74) is 0.310. The lowest BCUT2D eigenvalue weighted by molar-refractivity contribution is -0.120. The lowest BCUT2D eigenvalue weighted by Crippen LogP contribution is -2.43. The normalized spacial score (nSPS) is 17.9. The van der Waals surface area contributed by atoms with Crippen molar-refractivity contribution in [3.63, 3.8) is 0 Å². The van der Waals surface area contributed by atoms with Gasteiger partial charge in [-0.2, -0.15) is 13.1 Å². The van der Waals surface area contributed by atoms with E-state index in [1.165, 1.54) is 34.6 Å². The summed E-state index contributed by atoms with van der Waals surface area (Å²) >= 11 is 5.90. The van der Waals surface area contributed by atoms with Gasteiger partial charge in [-0.15, -0.1) is 0 Å². The number of halogens is 3. The van der Waals surface area contributed by atoms with Crippen molar-refractivity contribution in [2.75, 3.05) is 18.4 Å². The Hall–Kier alpha value is -2.23. The van der Waals surface area contributed by atoms with E-state index < -0.39 is 22.6 Å². The van der Waals surface area contributed by atoms with Gasteiger partial charge in [-0.25, -0.2) is 8.42 Å². The van der Waals surface area contributed by atoms with E-state index in [1.807, 2.05) is 0 Å². The lowest BCUT2D eigenvalue weighted by Gasteiger charge is -2.31. The molecule has 1 aliphatic rings. The average Bonchev–Trinajstić information content (AvgIpc) is 2.70. The molecule has 0 saturated carbocycles. The van der Waals surface area contributed by atoms with Crippen LogP contribution in [0.4, 0.5) is 14.5 Å². The van der Waals surface area contributed by atoms with Crippen LogP contribution in [0.5, 0.6) is 5.75 Å². The number of piperidine rings is 1. The fourth-order valence-corrected chi connectivity index (χ4v) is 4.90. The molecule has 1 N–H and O–H groups in total. The van der Waals surface area contributed by atoms with E-state index in [4.69, 9.17) is 11.6 Å². The molecule has 2 aromatic rings. The monoisotopic (exact) mass is 444 g/mol. The van der Waals surface area contributed by atoms with Crippen LogP contribution in [0.3, 0.4) is 0 Å². The largest absolute Gasteiger partial charge is 0.433 e. The first kappa shape index (κ1) is 21.5. The van der Waals surface area contributed by atoms with E-state index >= 15 is 0 Å². The van der Waals surface area contributed by atoms with Gasteiger partial charge in [-0.05, 0) is 43.2 Å². The summed E-state index contributed by atoms with van der Waals surface area (Å²) in [5.74, 6) is -1.10. The van der Waals surface area contributed by atoms with Gasteiger partial charge in [-0.3, -0.25) is 4.79 Å². The fourth-order valence-electron chi connectivity index (χ4n) is 3.13. The SMILES string of the molecule is O=C(Nc1ccc(OC(F)F)c(Cl)c1)C1CCCN(S(=O)(=O)c2ccccc2)C1. The van der Waals surface area contributed by atoms with Crippen LogP contribution < -0.4 is 10.1 Å². The lowest BCUT2D eigenvalue weighted by atomic mass is 9.98. The van der Waals surface area contributed by atoms with E-state index in [0.29, 0.717) is 25.1 Å². The third kappa shape index (κ3) is 5.23. The van der Waals surface area contributed by atoms with Crippen molar-refractivity contribution in [3.05, 3.63) is 53.6 Å². The fraction of sp³-hybridized carbons (Fsp3) is 0.316. The van der Waals surface area contributed by atoms with Crippen LogP contribution in [0, 0.1) is 5.92 Å². The van der Waals surface area contributed by atoms with Gasteiger partial charge in [0.2, 0.25) is 15.9 Å². The summed E-state index contributed by atoms with van der Waals surface area (Å²) in [6.45, 7) is -2.61. The Morgan fingerprint density at radius 1 is 1.21 bits per heavy atom. The number of ether oxygens (including phenoxy) is 1. The zero-order valence-corrected chi connectivity index (χ0v) is 16.8. The quantitative estimate of drug-likeness (QED) is 0.731. The first-order valence-corrected chi connectivity index (χ1v) is 10.7. The molecule has 1 unspecified atom stereocenters. The van der Waals surface area contributed by atoms with E-state index in [2.05, 4.69) is 10.1 Å². The number of nitrogens with one attached hydrogen (secondary N) is 1. The Labute approximate surface area is 172 Å². The number of carbonyl (C=O) groups is 1. The first-order valence-electron chi connectivity index (χ1n) is 8.88. The third-order valence-corrected chi connectivity index (χ3v) is 6.73. The van der Waals surface area contributed by atoms with Crippen molar-refractivity contribution >= 4 is 33.2 Å². The number of nitrogens with zero attached hydrogens (tertiary/aromatic N) is 1. The minimum atomic E-state index is -3.68. The molecule has 29 heavy (non-hydrogen) atoms. The summed E-state index contributed by atoms with van der Waals surface area (Å²) in [7, 11) is -3.68. The Balaban J connectivity index is 1.68. The van der Waals surface area contributed by atoms with Crippen molar-refractivity contribution in [2.45, 2.75) is 24.3 Å². The molecule has 0 spiro atoms. The van der Waals surface area contributed by atoms with Crippen molar-refractivity contribution < 1.29 is 26.7 Å². The van der Waals surface area contributed by atoms with Gasteiger partial charge in [0.05, 0.1) is 15.8 Å². The van der Waals surface area contributed by atoms with Crippen molar-refractivity contribution in [2.24, 2.45) is 5.92 Å². The van der Waals surface area contributed by atoms with Crippen LogP contribution in [-0.2, 0) is 14.8 Å². The molecular formula is C19H19ClF2N2O4S. The number of hydrogen-bond donors (Lipinski definition) is 1. The number of alkyl halides is 2. The predicted molar refractivity (Wildman–Crippen MR) is 105 cm³/mol. The van der Waals surface area contributed by atoms with E-state index in [9.17, 15) is 22.0 Å². The van der Waals surface area contributed by atoms with Gasteiger partial charge in [0.15, 0.2) is 0 Å². The molecule has 1 atom stereocenters. The number of sulfonamides is 1. The summed E-state index contributed by atoms with van der Waals surface area (Å²) in [6.07, 6.45) is 1.08. The number of amides is 1. The average molecular weight is 445 g/mol.